The van der Waals surface area contributed by atoms with Gasteiger partial charge in [0.05, 0.1) is 0 Å². The fourth-order valence-electron chi connectivity index (χ4n) is 2.92. The summed E-state index contributed by atoms with van der Waals surface area (Å²) in [6.45, 7) is 3.24. The molecule has 20 heavy (non-hydrogen) atoms. The van der Waals surface area contributed by atoms with Crippen molar-refractivity contribution < 1.29 is 5.11 Å². The molecule has 0 aliphatic carbocycles. The van der Waals surface area contributed by atoms with Gasteiger partial charge in [0.2, 0.25) is 0 Å². The van der Waals surface area contributed by atoms with E-state index in [9.17, 15) is 5.11 Å². The molecule has 2 aromatic rings. The first-order valence-corrected chi connectivity index (χ1v) is 7.21. The minimum absolute atomic E-state index is 0.338. The summed E-state index contributed by atoms with van der Waals surface area (Å²) in [6.07, 6.45) is 6.19. The quantitative estimate of drug-likeness (QED) is 0.929. The Morgan fingerprint density at radius 1 is 1.00 bits per heavy atom. The predicted octanol–water partition coefficient (Wildman–Crippen LogP) is 3.17. The molecule has 0 radical (unpaired) electrons. The van der Waals surface area contributed by atoms with Crippen molar-refractivity contribution in [3.05, 3.63) is 59.9 Å². The summed E-state index contributed by atoms with van der Waals surface area (Å²) in [6, 6.07) is 11.8. The van der Waals surface area contributed by atoms with Gasteiger partial charge in [0.15, 0.2) is 0 Å². The molecule has 1 aliphatic heterocycles. The highest BCUT2D eigenvalue weighted by atomic mass is 16.3. The zero-order chi connectivity index (χ0) is 13.8. The van der Waals surface area contributed by atoms with Gasteiger partial charge in [-0.05, 0) is 67.2 Å². The van der Waals surface area contributed by atoms with Gasteiger partial charge in [0.1, 0.15) is 5.75 Å². The summed E-state index contributed by atoms with van der Waals surface area (Å²) in [4.78, 5) is 6.58. The number of rotatable bonds is 3. The number of hydrogen-bond acceptors (Lipinski definition) is 3. The van der Waals surface area contributed by atoms with Crippen molar-refractivity contribution in [2.45, 2.75) is 25.3 Å². The Bertz CT molecular complexity index is 531. The Hall–Kier alpha value is -1.87. The van der Waals surface area contributed by atoms with Gasteiger partial charge in [0.25, 0.3) is 0 Å². The van der Waals surface area contributed by atoms with Crippen LogP contribution in [-0.4, -0.2) is 28.1 Å². The van der Waals surface area contributed by atoms with E-state index in [1.165, 1.54) is 24.0 Å². The molecular formula is C17H20N2O. The van der Waals surface area contributed by atoms with Crippen molar-refractivity contribution in [1.82, 2.24) is 9.88 Å². The molecule has 0 amide bonds. The fraction of sp³-hybridized carbons (Fsp3) is 0.353. The Morgan fingerprint density at radius 3 is 2.30 bits per heavy atom. The molecule has 3 heteroatoms. The molecule has 1 aromatic heterocycles. The summed E-state index contributed by atoms with van der Waals surface area (Å²) in [7, 11) is 0. The lowest BCUT2D eigenvalue weighted by Crippen LogP contribution is -2.32. The van der Waals surface area contributed by atoms with Gasteiger partial charge in [0, 0.05) is 18.9 Å². The number of aromatic nitrogens is 1. The number of nitrogens with zero attached hydrogens (tertiary/aromatic N) is 2. The number of piperidine rings is 1. The molecule has 0 unspecified atom stereocenters. The number of pyridine rings is 1. The second-order valence-electron chi connectivity index (χ2n) is 5.50. The molecule has 0 atom stereocenters. The number of benzene rings is 1. The van der Waals surface area contributed by atoms with E-state index < -0.39 is 0 Å². The van der Waals surface area contributed by atoms with Crippen LogP contribution in [0.3, 0.4) is 0 Å². The van der Waals surface area contributed by atoms with Crippen LogP contribution in [0.15, 0.2) is 48.8 Å². The molecule has 3 nitrogen and oxygen atoms in total. The number of phenolic OH excluding ortho intramolecular Hbond substituents is 1. The van der Waals surface area contributed by atoms with E-state index in [1.54, 1.807) is 12.1 Å². The maximum Gasteiger partial charge on any atom is 0.115 e. The molecule has 3 rings (SSSR count). The van der Waals surface area contributed by atoms with Crippen molar-refractivity contribution in [2.75, 3.05) is 13.1 Å². The number of phenols is 1. The van der Waals surface area contributed by atoms with Crippen LogP contribution < -0.4 is 0 Å². The summed E-state index contributed by atoms with van der Waals surface area (Å²) in [5.74, 6) is 1.01. The monoisotopic (exact) mass is 268 g/mol. The first kappa shape index (κ1) is 13.1. The standard InChI is InChI=1S/C17H20N2O/c20-17-3-1-14(2-4-17)13-19-11-7-16(8-12-19)15-5-9-18-10-6-15/h1-6,9-10,16,20H,7-8,11-13H2. The van der Waals surface area contributed by atoms with E-state index in [-0.39, 0.29) is 0 Å². The van der Waals surface area contributed by atoms with Crippen LogP contribution in [0.4, 0.5) is 0 Å². The lowest BCUT2D eigenvalue weighted by molar-refractivity contribution is 0.204. The topological polar surface area (TPSA) is 36.4 Å². The van der Waals surface area contributed by atoms with Gasteiger partial charge in [-0.3, -0.25) is 9.88 Å². The molecule has 104 valence electrons. The molecular weight excluding hydrogens is 248 g/mol. The van der Waals surface area contributed by atoms with Crippen LogP contribution in [0.1, 0.15) is 29.9 Å². The summed E-state index contributed by atoms with van der Waals surface area (Å²) in [5.41, 5.74) is 2.69. The van der Waals surface area contributed by atoms with Crippen molar-refractivity contribution in [3.63, 3.8) is 0 Å². The number of aromatic hydroxyl groups is 1. The van der Waals surface area contributed by atoms with Gasteiger partial charge in [-0.15, -0.1) is 0 Å². The molecule has 1 aromatic carbocycles. The summed E-state index contributed by atoms with van der Waals surface area (Å²) >= 11 is 0. The van der Waals surface area contributed by atoms with Crippen LogP contribution in [0.5, 0.6) is 5.75 Å². The third-order valence-electron chi connectivity index (χ3n) is 4.11. The largest absolute Gasteiger partial charge is 0.508 e. The van der Waals surface area contributed by atoms with Gasteiger partial charge in [-0.1, -0.05) is 12.1 Å². The first-order valence-electron chi connectivity index (χ1n) is 7.21. The SMILES string of the molecule is Oc1ccc(CN2CCC(c3ccncc3)CC2)cc1. The van der Waals surface area contributed by atoms with Crippen molar-refractivity contribution >= 4 is 0 Å². The Kier molecular flexibility index (Phi) is 3.97. The van der Waals surface area contributed by atoms with E-state index in [0.29, 0.717) is 11.7 Å². The minimum atomic E-state index is 0.338. The Morgan fingerprint density at radius 2 is 1.65 bits per heavy atom. The van der Waals surface area contributed by atoms with Crippen molar-refractivity contribution in [3.8, 4) is 5.75 Å². The summed E-state index contributed by atoms with van der Waals surface area (Å²) in [5, 5.41) is 9.30. The number of likely N-dealkylation sites (tertiary alicyclic amines) is 1. The molecule has 1 saturated heterocycles. The first-order chi connectivity index (χ1) is 9.81. The Labute approximate surface area is 119 Å². The normalized spacial score (nSPS) is 17.2. The molecule has 0 spiro atoms. The summed E-state index contributed by atoms with van der Waals surface area (Å²) < 4.78 is 0. The maximum absolute atomic E-state index is 9.30. The number of hydrogen-bond donors (Lipinski definition) is 1. The average Bonchev–Trinajstić information content (AvgIpc) is 2.51. The third kappa shape index (κ3) is 3.17. The molecule has 0 bridgehead atoms. The van der Waals surface area contributed by atoms with Gasteiger partial charge < -0.3 is 5.11 Å². The predicted molar refractivity (Wildman–Crippen MR) is 79.6 cm³/mol. The van der Waals surface area contributed by atoms with Gasteiger partial charge >= 0.3 is 0 Å². The second-order valence-corrected chi connectivity index (χ2v) is 5.50. The fourth-order valence-corrected chi connectivity index (χ4v) is 2.92. The lowest BCUT2D eigenvalue weighted by atomic mass is 9.90. The second kappa shape index (κ2) is 6.06. The van der Waals surface area contributed by atoms with Gasteiger partial charge in [-0.25, -0.2) is 0 Å². The Balaban J connectivity index is 1.55. The zero-order valence-corrected chi connectivity index (χ0v) is 11.6. The zero-order valence-electron chi connectivity index (χ0n) is 11.6. The van der Waals surface area contributed by atoms with Crippen LogP contribution in [0, 0.1) is 0 Å². The van der Waals surface area contributed by atoms with Crippen molar-refractivity contribution in [1.29, 1.82) is 0 Å². The molecule has 0 saturated carbocycles. The van der Waals surface area contributed by atoms with Crippen LogP contribution in [0.25, 0.3) is 0 Å². The van der Waals surface area contributed by atoms with Crippen molar-refractivity contribution in [2.24, 2.45) is 0 Å². The van der Waals surface area contributed by atoms with Gasteiger partial charge in [-0.2, -0.15) is 0 Å². The molecule has 1 fully saturated rings. The highest BCUT2D eigenvalue weighted by Gasteiger charge is 2.20. The minimum Gasteiger partial charge on any atom is -0.508 e. The highest BCUT2D eigenvalue weighted by molar-refractivity contribution is 5.26. The van der Waals surface area contributed by atoms with E-state index >= 15 is 0 Å². The maximum atomic E-state index is 9.30. The van der Waals surface area contributed by atoms with Crippen LogP contribution >= 0.6 is 0 Å². The highest BCUT2D eigenvalue weighted by Crippen LogP contribution is 2.28. The van der Waals surface area contributed by atoms with E-state index in [2.05, 4.69) is 22.0 Å². The van der Waals surface area contributed by atoms with E-state index in [0.717, 1.165) is 19.6 Å². The molecule has 2 heterocycles. The third-order valence-corrected chi connectivity index (χ3v) is 4.11. The van der Waals surface area contributed by atoms with Crippen LogP contribution in [0.2, 0.25) is 0 Å². The average molecular weight is 268 g/mol. The van der Waals surface area contributed by atoms with E-state index in [4.69, 9.17) is 0 Å². The molecule has 1 N–H and O–H groups in total. The van der Waals surface area contributed by atoms with Crippen LogP contribution in [-0.2, 0) is 6.54 Å². The smallest absolute Gasteiger partial charge is 0.115 e. The lowest BCUT2D eigenvalue weighted by Gasteiger charge is -2.32. The van der Waals surface area contributed by atoms with E-state index in [1.807, 2.05) is 24.5 Å². The molecule has 1 aliphatic rings.